The lowest BCUT2D eigenvalue weighted by atomic mass is 9.96. The van der Waals surface area contributed by atoms with Crippen molar-refractivity contribution in [2.45, 2.75) is 39.4 Å². The quantitative estimate of drug-likeness (QED) is 0.771. The van der Waals surface area contributed by atoms with Crippen LogP contribution in [0.1, 0.15) is 32.3 Å². The number of alkyl carbamates (subject to hydrolysis) is 1. The number of carbonyl (C=O) groups excluding carboxylic acids is 2. The largest absolute Gasteiger partial charge is 0.445 e. The minimum atomic E-state index is -0.744. The Morgan fingerprint density at radius 3 is 2.57 bits per heavy atom. The van der Waals surface area contributed by atoms with Crippen LogP contribution in [0.2, 0.25) is 0 Å². The van der Waals surface area contributed by atoms with Crippen LogP contribution in [0.3, 0.4) is 0 Å². The van der Waals surface area contributed by atoms with Crippen LogP contribution in [-0.4, -0.2) is 29.6 Å². The maximum atomic E-state index is 11.5. The Hall–Kier alpha value is -1.88. The SMILES string of the molecule is CCC(=O)[C@@H](C)[C@H](O)CCNC(=O)OCc1ccccc1. The number of aliphatic hydroxyl groups is 1. The molecule has 0 aliphatic rings. The van der Waals surface area contributed by atoms with Gasteiger partial charge in [-0.05, 0) is 12.0 Å². The Labute approximate surface area is 125 Å². The molecule has 0 spiro atoms. The fourth-order valence-corrected chi connectivity index (χ4v) is 1.88. The molecule has 1 aromatic carbocycles. The van der Waals surface area contributed by atoms with Gasteiger partial charge in [0.25, 0.3) is 0 Å². The zero-order valence-corrected chi connectivity index (χ0v) is 12.5. The van der Waals surface area contributed by atoms with Crippen molar-refractivity contribution in [3.8, 4) is 0 Å². The highest BCUT2D eigenvalue weighted by Crippen LogP contribution is 2.09. The van der Waals surface area contributed by atoms with Crippen molar-refractivity contribution >= 4 is 11.9 Å². The molecular weight excluding hydrogens is 270 g/mol. The molecule has 21 heavy (non-hydrogen) atoms. The summed E-state index contributed by atoms with van der Waals surface area (Å²) in [6.07, 6.45) is -0.537. The van der Waals surface area contributed by atoms with Crippen molar-refractivity contribution in [2.24, 2.45) is 5.92 Å². The monoisotopic (exact) mass is 293 g/mol. The summed E-state index contributed by atoms with van der Waals surface area (Å²) in [7, 11) is 0. The van der Waals surface area contributed by atoms with Crippen LogP contribution in [0.4, 0.5) is 4.79 Å². The second-order valence-electron chi connectivity index (χ2n) is 4.95. The summed E-state index contributed by atoms with van der Waals surface area (Å²) in [6, 6.07) is 9.38. The fraction of sp³-hybridized carbons (Fsp3) is 0.500. The standard InChI is InChI=1S/C16H23NO4/c1-3-14(18)12(2)15(19)9-10-17-16(20)21-11-13-7-5-4-6-8-13/h4-8,12,15,19H,3,9-11H2,1-2H3,(H,17,20)/t12-,15-/m1/s1. The predicted molar refractivity (Wildman–Crippen MR) is 79.7 cm³/mol. The van der Waals surface area contributed by atoms with E-state index >= 15 is 0 Å². The summed E-state index contributed by atoms with van der Waals surface area (Å²) in [5, 5.41) is 12.4. The molecule has 1 aromatic rings. The Morgan fingerprint density at radius 2 is 1.95 bits per heavy atom. The van der Waals surface area contributed by atoms with Gasteiger partial charge >= 0.3 is 6.09 Å². The summed E-state index contributed by atoms with van der Waals surface area (Å²) in [4.78, 5) is 22.9. The Bertz CT molecular complexity index is 447. The number of hydrogen-bond acceptors (Lipinski definition) is 4. The van der Waals surface area contributed by atoms with Gasteiger partial charge in [-0.2, -0.15) is 0 Å². The van der Waals surface area contributed by atoms with Crippen LogP contribution in [0.5, 0.6) is 0 Å². The summed E-state index contributed by atoms with van der Waals surface area (Å²) < 4.78 is 5.04. The van der Waals surface area contributed by atoms with Gasteiger partial charge < -0.3 is 15.2 Å². The molecule has 116 valence electrons. The number of ether oxygens (including phenoxy) is 1. The molecule has 0 aliphatic carbocycles. The van der Waals surface area contributed by atoms with Crippen LogP contribution in [0.15, 0.2) is 30.3 Å². The van der Waals surface area contributed by atoms with Crippen molar-refractivity contribution < 1.29 is 19.4 Å². The molecule has 0 fully saturated rings. The van der Waals surface area contributed by atoms with Gasteiger partial charge in [0.15, 0.2) is 0 Å². The Morgan fingerprint density at radius 1 is 1.29 bits per heavy atom. The highest BCUT2D eigenvalue weighted by molar-refractivity contribution is 5.80. The van der Waals surface area contributed by atoms with Crippen LogP contribution in [-0.2, 0) is 16.1 Å². The lowest BCUT2D eigenvalue weighted by Gasteiger charge is -2.17. The first kappa shape index (κ1) is 17.2. The predicted octanol–water partition coefficient (Wildman–Crippen LogP) is 2.28. The van der Waals surface area contributed by atoms with Gasteiger partial charge in [-0.3, -0.25) is 4.79 Å². The van der Waals surface area contributed by atoms with E-state index in [1.165, 1.54) is 0 Å². The average Bonchev–Trinajstić information content (AvgIpc) is 2.52. The maximum absolute atomic E-state index is 11.5. The van der Waals surface area contributed by atoms with Crippen LogP contribution in [0.25, 0.3) is 0 Å². The van der Waals surface area contributed by atoms with E-state index in [4.69, 9.17) is 4.74 Å². The molecule has 0 unspecified atom stereocenters. The molecule has 0 aromatic heterocycles. The smallest absolute Gasteiger partial charge is 0.407 e. The number of carbonyl (C=O) groups is 2. The van der Waals surface area contributed by atoms with E-state index in [1.54, 1.807) is 13.8 Å². The molecule has 2 atom stereocenters. The highest BCUT2D eigenvalue weighted by Gasteiger charge is 2.20. The topological polar surface area (TPSA) is 75.6 Å². The first-order valence-corrected chi connectivity index (χ1v) is 7.20. The number of ketones is 1. The third kappa shape index (κ3) is 6.40. The van der Waals surface area contributed by atoms with Gasteiger partial charge in [-0.1, -0.05) is 44.2 Å². The third-order valence-electron chi connectivity index (χ3n) is 3.36. The van der Waals surface area contributed by atoms with Gasteiger partial charge in [0.2, 0.25) is 0 Å². The van der Waals surface area contributed by atoms with Crippen molar-refractivity contribution in [1.29, 1.82) is 0 Å². The molecule has 0 bridgehead atoms. The van der Waals surface area contributed by atoms with E-state index in [9.17, 15) is 14.7 Å². The van der Waals surface area contributed by atoms with E-state index in [0.717, 1.165) is 5.56 Å². The zero-order chi connectivity index (χ0) is 15.7. The van der Waals surface area contributed by atoms with Crippen molar-refractivity contribution in [2.75, 3.05) is 6.54 Å². The summed E-state index contributed by atoms with van der Waals surface area (Å²) in [5.74, 6) is -0.383. The van der Waals surface area contributed by atoms with Gasteiger partial charge in [-0.25, -0.2) is 4.79 Å². The lowest BCUT2D eigenvalue weighted by molar-refractivity contribution is -0.125. The lowest BCUT2D eigenvalue weighted by Crippen LogP contribution is -2.32. The van der Waals surface area contributed by atoms with Crippen molar-refractivity contribution in [3.05, 3.63) is 35.9 Å². The first-order chi connectivity index (χ1) is 10.0. The minimum Gasteiger partial charge on any atom is -0.445 e. The van der Waals surface area contributed by atoms with E-state index in [1.807, 2.05) is 30.3 Å². The van der Waals surface area contributed by atoms with Crippen molar-refractivity contribution in [3.63, 3.8) is 0 Å². The number of nitrogens with one attached hydrogen (secondary N) is 1. The number of hydrogen-bond donors (Lipinski definition) is 2. The number of rotatable bonds is 8. The summed E-state index contributed by atoms with van der Waals surface area (Å²) >= 11 is 0. The molecule has 5 nitrogen and oxygen atoms in total. The molecule has 1 rings (SSSR count). The molecule has 0 heterocycles. The minimum absolute atomic E-state index is 0.0224. The van der Waals surface area contributed by atoms with Crippen molar-refractivity contribution in [1.82, 2.24) is 5.32 Å². The fourth-order valence-electron chi connectivity index (χ4n) is 1.88. The second-order valence-corrected chi connectivity index (χ2v) is 4.95. The normalized spacial score (nSPS) is 13.3. The van der Waals surface area contributed by atoms with E-state index in [-0.39, 0.29) is 18.9 Å². The molecule has 0 radical (unpaired) electrons. The number of amides is 1. The molecule has 0 aliphatic heterocycles. The molecule has 0 saturated heterocycles. The number of benzene rings is 1. The molecule has 5 heteroatoms. The van der Waals surface area contributed by atoms with Crippen LogP contribution in [0, 0.1) is 5.92 Å². The second kappa shape index (κ2) is 9.13. The highest BCUT2D eigenvalue weighted by atomic mass is 16.5. The van der Waals surface area contributed by atoms with Gasteiger partial charge in [-0.15, -0.1) is 0 Å². The van der Waals surface area contributed by atoms with E-state index < -0.39 is 18.1 Å². The van der Waals surface area contributed by atoms with Gasteiger partial charge in [0, 0.05) is 18.9 Å². The molecule has 1 amide bonds. The van der Waals surface area contributed by atoms with Crippen LogP contribution >= 0.6 is 0 Å². The number of Topliss-reactive ketones (excluding diaryl/α,β-unsaturated/α-hetero) is 1. The summed E-state index contributed by atoms with van der Waals surface area (Å²) in [5.41, 5.74) is 0.912. The first-order valence-electron chi connectivity index (χ1n) is 7.20. The third-order valence-corrected chi connectivity index (χ3v) is 3.36. The van der Waals surface area contributed by atoms with Crippen LogP contribution < -0.4 is 5.32 Å². The van der Waals surface area contributed by atoms with E-state index in [0.29, 0.717) is 12.8 Å². The Balaban J connectivity index is 2.20. The molecule has 0 saturated carbocycles. The molecule has 2 N–H and O–H groups in total. The summed E-state index contributed by atoms with van der Waals surface area (Å²) in [6.45, 7) is 3.95. The van der Waals surface area contributed by atoms with Gasteiger partial charge in [0.1, 0.15) is 12.4 Å². The number of aliphatic hydroxyl groups excluding tert-OH is 1. The van der Waals surface area contributed by atoms with Gasteiger partial charge in [0.05, 0.1) is 6.10 Å². The molecular formula is C16H23NO4. The zero-order valence-electron chi connectivity index (χ0n) is 12.5. The maximum Gasteiger partial charge on any atom is 0.407 e. The van der Waals surface area contributed by atoms with E-state index in [2.05, 4.69) is 5.32 Å². The average molecular weight is 293 g/mol. The Kier molecular flexibility index (Phi) is 7.46.